The minimum Gasteiger partial charge on any atom is -0.489 e. The monoisotopic (exact) mass is 561 g/mol. The highest BCUT2D eigenvalue weighted by molar-refractivity contribution is 6.09. The molecule has 4 aromatic rings. The van der Waals surface area contributed by atoms with Gasteiger partial charge in [0.15, 0.2) is 11.5 Å². The summed E-state index contributed by atoms with van der Waals surface area (Å²) in [6.07, 6.45) is -5.08. The van der Waals surface area contributed by atoms with E-state index in [4.69, 9.17) is 25.4 Å². The first-order valence-corrected chi connectivity index (χ1v) is 12.4. The van der Waals surface area contributed by atoms with Crippen LogP contribution in [0.15, 0.2) is 114 Å². The molecule has 1 amide bonds. The molecule has 0 fully saturated rings. The lowest BCUT2D eigenvalue weighted by atomic mass is 9.81. The first kappa shape index (κ1) is 28.9. The molecule has 4 aromatic carbocycles. The lowest BCUT2D eigenvalue weighted by Gasteiger charge is -2.28. The third-order valence-electron chi connectivity index (χ3n) is 6.39. The molecule has 1 aliphatic rings. The summed E-state index contributed by atoms with van der Waals surface area (Å²) in [5.41, 5.74) is 9.30. The molecule has 210 valence electrons. The number of carbonyl (C=O) groups excluding carboxylic acids is 1. The van der Waals surface area contributed by atoms with Crippen molar-refractivity contribution in [1.29, 1.82) is 0 Å². The number of amides is 1. The Balaban J connectivity index is 0.000000493. The van der Waals surface area contributed by atoms with Crippen molar-refractivity contribution in [2.24, 2.45) is 10.7 Å². The van der Waals surface area contributed by atoms with Crippen LogP contribution in [0.5, 0.6) is 5.75 Å². The van der Waals surface area contributed by atoms with Gasteiger partial charge in [-0.3, -0.25) is 9.69 Å². The number of carboxylic acids is 1. The second-order valence-corrected chi connectivity index (χ2v) is 9.06. The molecule has 0 radical (unpaired) electrons. The molecule has 0 bridgehead atoms. The number of aliphatic carboxylic acids is 1. The Morgan fingerprint density at radius 2 is 1.44 bits per heavy atom. The molecule has 3 N–H and O–H groups in total. The number of rotatable bonds is 6. The highest BCUT2D eigenvalue weighted by Gasteiger charge is 2.51. The van der Waals surface area contributed by atoms with Gasteiger partial charge in [0.25, 0.3) is 5.91 Å². The molecule has 0 aromatic heterocycles. The molecule has 0 spiro atoms. The van der Waals surface area contributed by atoms with Crippen LogP contribution in [0.25, 0.3) is 11.1 Å². The van der Waals surface area contributed by atoms with Crippen LogP contribution in [0.3, 0.4) is 0 Å². The number of nitrogens with zero attached hydrogens (tertiary/aromatic N) is 2. The van der Waals surface area contributed by atoms with E-state index in [1.54, 1.807) is 7.05 Å². The molecule has 0 aliphatic carbocycles. The largest absolute Gasteiger partial charge is 0.490 e. The maximum absolute atomic E-state index is 13.8. The minimum absolute atomic E-state index is 0.174. The molecule has 0 saturated carbocycles. The molecule has 10 heteroatoms. The predicted octanol–water partition coefficient (Wildman–Crippen LogP) is 5.60. The van der Waals surface area contributed by atoms with E-state index in [9.17, 15) is 18.0 Å². The van der Waals surface area contributed by atoms with Gasteiger partial charge in [0, 0.05) is 12.6 Å². The van der Waals surface area contributed by atoms with Crippen LogP contribution in [0.1, 0.15) is 16.7 Å². The molecular formula is C31H26F3N3O4. The van der Waals surface area contributed by atoms with Gasteiger partial charge < -0.3 is 15.6 Å². The van der Waals surface area contributed by atoms with Gasteiger partial charge in [0.2, 0.25) is 0 Å². The van der Waals surface area contributed by atoms with Crippen LogP contribution in [0.2, 0.25) is 0 Å². The number of aliphatic imine (C=N–C) groups is 1. The maximum atomic E-state index is 13.8. The number of benzene rings is 4. The van der Waals surface area contributed by atoms with E-state index in [2.05, 4.69) is 0 Å². The van der Waals surface area contributed by atoms with E-state index in [1.165, 1.54) is 4.90 Å². The molecule has 0 saturated heterocycles. The first-order chi connectivity index (χ1) is 19.5. The van der Waals surface area contributed by atoms with Gasteiger partial charge in [-0.05, 0) is 34.4 Å². The number of carboxylic acid groups (broad SMARTS) is 1. The van der Waals surface area contributed by atoms with Crippen molar-refractivity contribution in [2.45, 2.75) is 18.3 Å². The van der Waals surface area contributed by atoms with Crippen molar-refractivity contribution in [3.05, 3.63) is 126 Å². The number of halogens is 3. The molecular weight excluding hydrogens is 535 g/mol. The van der Waals surface area contributed by atoms with Gasteiger partial charge in [-0.25, -0.2) is 9.79 Å². The summed E-state index contributed by atoms with van der Waals surface area (Å²) in [6, 6.07) is 35.4. The van der Waals surface area contributed by atoms with E-state index >= 15 is 0 Å². The fourth-order valence-corrected chi connectivity index (χ4v) is 4.32. The Hall–Kier alpha value is -5.12. The zero-order valence-corrected chi connectivity index (χ0v) is 21.9. The Bertz CT molecular complexity index is 1550. The van der Waals surface area contributed by atoms with Crippen molar-refractivity contribution in [2.75, 3.05) is 7.05 Å². The van der Waals surface area contributed by atoms with E-state index in [0.29, 0.717) is 17.9 Å². The van der Waals surface area contributed by atoms with Crippen LogP contribution in [-0.2, 0) is 21.7 Å². The lowest BCUT2D eigenvalue weighted by Crippen LogP contribution is -2.41. The zero-order valence-electron chi connectivity index (χ0n) is 21.9. The third kappa shape index (κ3) is 6.22. The van der Waals surface area contributed by atoms with Gasteiger partial charge >= 0.3 is 12.1 Å². The molecule has 1 heterocycles. The smallest absolute Gasteiger partial charge is 0.489 e. The average molecular weight is 562 g/mol. The van der Waals surface area contributed by atoms with Crippen LogP contribution >= 0.6 is 0 Å². The van der Waals surface area contributed by atoms with E-state index in [-0.39, 0.29) is 11.9 Å². The second kappa shape index (κ2) is 12.0. The van der Waals surface area contributed by atoms with Crippen molar-refractivity contribution < 1.29 is 32.6 Å². The summed E-state index contributed by atoms with van der Waals surface area (Å²) in [4.78, 5) is 28.9. The van der Waals surface area contributed by atoms with Crippen LogP contribution < -0.4 is 10.5 Å². The molecule has 1 aliphatic heterocycles. The maximum Gasteiger partial charge on any atom is 0.490 e. The van der Waals surface area contributed by atoms with Crippen LogP contribution in [-0.4, -0.2) is 41.1 Å². The topological polar surface area (TPSA) is 105 Å². The summed E-state index contributed by atoms with van der Waals surface area (Å²) in [5.74, 6) is -2.21. The van der Waals surface area contributed by atoms with E-state index in [0.717, 1.165) is 22.3 Å². The quantitative estimate of drug-likeness (QED) is 0.319. The van der Waals surface area contributed by atoms with Gasteiger partial charge in [-0.1, -0.05) is 97.1 Å². The number of carbonyl (C=O) groups is 2. The number of nitrogens with two attached hydrogens (primary N) is 1. The number of ether oxygens (including phenoxy) is 1. The number of hydrogen-bond acceptors (Lipinski definition) is 5. The molecule has 41 heavy (non-hydrogen) atoms. The number of hydrogen-bond donors (Lipinski definition) is 2. The summed E-state index contributed by atoms with van der Waals surface area (Å²) in [5, 5.41) is 7.12. The SMILES string of the molecule is CN1C(=O)C(c2ccccc2)(c2cc(-c3ccccc3)ccc2OCc2ccccc2)N=C1N.O=C(O)C(F)(F)F. The second-order valence-electron chi connectivity index (χ2n) is 9.06. The van der Waals surface area contributed by atoms with Gasteiger partial charge in [0.1, 0.15) is 12.4 Å². The van der Waals surface area contributed by atoms with Crippen molar-refractivity contribution >= 4 is 17.8 Å². The van der Waals surface area contributed by atoms with Gasteiger partial charge in [-0.2, -0.15) is 13.2 Å². The Labute approximate surface area is 234 Å². The Kier molecular flexibility index (Phi) is 8.42. The lowest BCUT2D eigenvalue weighted by molar-refractivity contribution is -0.192. The van der Waals surface area contributed by atoms with Gasteiger partial charge in [-0.15, -0.1) is 0 Å². The summed E-state index contributed by atoms with van der Waals surface area (Å²) >= 11 is 0. The Morgan fingerprint density at radius 1 is 0.902 bits per heavy atom. The van der Waals surface area contributed by atoms with Crippen molar-refractivity contribution in [3.8, 4) is 16.9 Å². The van der Waals surface area contributed by atoms with Gasteiger partial charge in [0.05, 0.1) is 0 Å². The fourth-order valence-electron chi connectivity index (χ4n) is 4.32. The number of guanidine groups is 1. The first-order valence-electron chi connectivity index (χ1n) is 12.4. The predicted molar refractivity (Wildman–Crippen MR) is 148 cm³/mol. The molecule has 5 rings (SSSR count). The number of alkyl halides is 3. The molecule has 1 atom stereocenters. The van der Waals surface area contributed by atoms with Crippen LogP contribution in [0, 0.1) is 0 Å². The van der Waals surface area contributed by atoms with Crippen molar-refractivity contribution in [3.63, 3.8) is 0 Å². The summed E-state index contributed by atoms with van der Waals surface area (Å²) in [6.45, 7) is 0.368. The normalized spacial score (nSPS) is 16.4. The average Bonchev–Trinajstić information content (AvgIpc) is 3.22. The Morgan fingerprint density at radius 3 is 1.95 bits per heavy atom. The van der Waals surface area contributed by atoms with E-state index in [1.807, 2.05) is 109 Å². The van der Waals surface area contributed by atoms with Crippen LogP contribution in [0.4, 0.5) is 13.2 Å². The summed E-state index contributed by atoms with van der Waals surface area (Å²) < 4.78 is 38.0. The minimum atomic E-state index is -5.08. The molecule has 7 nitrogen and oxygen atoms in total. The highest BCUT2D eigenvalue weighted by Crippen LogP contribution is 2.45. The standard InChI is InChI=1S/C29H25N3O2.C2HF3O2/c1-32-27(33)29(31-28(32)30,24-15-9-4-10-16-24)25-19-23(22-13-7-3-8-14-22)17-18-26(25)34-20-21-11-5-2-6-12-21;3-2(4,5)1(6)7/h2-19H,20H2,1H3,(H2,30,31);(H,6,7). The third-order valence-corrected chi connectivity index (χ3v) is 6.39. The number of likely N-dealkylation sites (N-methyl/N-ethyl adjacent to an activating group) is 1. The highest BCUT2D eigenvalue weighted by atomic mass is 19.4. The summed E-state index contributed by atoms with van der Waals surface area (Å²) in [7, 11) is 1.65. The fraction of sp³-hybridized carbons (Fsp3) is 0.129. The van der Waals surface area contributed by atoms with E-state index < -0.39 is 17.7 Å². The van der Waals surface area contributed by atoms with Crippen molar-refractivity contribution in [1.82, 2.24) is 4.90 Å². The molecule has 1 unspecified atom stereocenters. The zero-order chi connectivity index (χ0) is 29.6.